The normalized spacial score (nSPS) is 18.0. The third-order valence-electron chi connectivity index (χ3n) is 4.53. The number of nitrogens with one attached hydrogen (secondary N) is 1. The summed E-state index contributed by atoms with van der Waals surface area (Å²) in [7, 11) is -3.84. The van der Waals surface area contributed by atoms with Crippen LogP contribution in [0.1, 0.15) is 42.3 Å². The fourth-order valence-corrected chi connectivity index (χ4v) is 3.66. The summed E-state index contributed by atoms with van der Waals surface area (Å²) in [6.07, 6.45) is 2.70. The van der Waals surface area contributed by atoms with Crippen molar-refractivity contribution >= 4 is 21.7 Å². The molecule has 0 spiro atoms. The highest BCUT2D eigenvalue weighted by molar-refractivity contribution is 7.89. The van der Waals surface area contributed by atoms with Gasteiger partial charge in [0.05, 0.1) is 10.9 Å². The Morgan fingerprint density at radius 3 is 2.73 bits per heavy atom. The second-order valence-electron chi connectivity index (χ2n) is 6.52. The highest BCUT2D eigenvalue weighted by Crippen LogP contribution is 2.31. The molecule has 3 rings (SSSR count). The number of sulfonamides is 1. The molecule has 1 aliphatic heterocycles. The predicted octanol–water partition coefficient (Wildman–Crippen LogP) is 2.70. The van der Waals surface area contributed by atoms with Gasteiger partial charge >= 0.3 is 6.03 Å². The smallest absolute Gasteiger partial charge is 0.322 e. The van der Waals surface area contributed by atoms with Crippen molar-refractivity contribution in [2.45, 2.75) is 44.0 Å². The average Bonchev–Trinajstić information content (AvgIpc) is 3.02. The van der Waals surface area contributed by atoms with Crippen LogP contribution in [0.4, 0.5) is 10.5 Å². The summed E-state index contributed by atoms with van der Waals surface area (Å²) in [5.41, 5.74) is 1.89. The lowest BCUT2D eigenvalue weighted by atomic mass is 9.99. The number of piperidine rings is 1. The highest BCUT2D eigenvalue weighted by atomic mass is 32.2. The molecule has 1 aromatic carbocycles. The van der Waals surface area contributed by atoms with Crippen molar-refractivity contribution in [1.29, 1.82) is 0 Å². The Balaban J connectivity index is 1.84. The summed E-state index contributed by atoms with van der Waals surface area (Å²) < 4.78 is 28.3. The lowest BCUT2D eigenvalue weighted by Gasteiger charge is -2.34. The first kappa shape index (κ1) is 18.4. The van der Waals surface area contributed by atoms with E-state index in [1.165, 1.54) is 12.1 Å². The van der Waals surface area contributed by atoms with Crippen LogP contribution in [-0.4, -0.2) is 31.1 Å². The lowest BCUT2D eigenvalue weighted by molar-refractivity contribution is 0.159. The van der Waals surface area contributed by atoms with Gasteiger partial charge in [-0.2, -0.15) is 0 Å². The fraction of sp³-hybridized carbons (Fsp3) is 0.412. The molecule has 26 heavy (non-hydrogen) atoms. The Hall–Kier alpha value is -2.39. The predicted molar refractivity (Wildman–Crippen MR) is 96.1 cm³/mol. The number of likely N-dealkylation sites (tertiary alicyclic amines) is 1. The minimum absolute atomic E-state index is 0.0410. The summed E-state index contributed by atoms with van der Waals surface area (Å²) in [5.74, 6) is 0.697. The number of primary sulfonamides is 1. The number of nitrogens with two attached hydrogens (primary N) is 1. The minimum atomic E-state index is -3.84. The molecule has 140 valence electrons. The van der Waals surface area contributed by atoms with Crippen LogP contribution in [0.25, 0.3) is 0 Å². The molecule has 3 N–H and O–H groups in total. The van der Waals surface area contributed by atoms with E-state index in [0.717, 1.165) is 30.5 Å². The molecule has 2 heterocycles. The number of hydrogen-bond donors (Lipinski definition) is 2. The summed E-state index contributed by atoms with van der Waals surface area (Å²) in [6.45, 7) is 4.19. The number of carbonyl (C=O) groups is 1. The van der Waals surface area contributed by atoms with Crippen LogP contribution in [0.2, 0.25) is 0 Å². The van der Waals surface area contributed by atoms with Gasteiger partial charge < -0.3 is 14.7 Å². The van der Waals surface area contributed by atoms with E-state index in [2.05, 4.69) is 10.5 Å². The number of benzene rings is 1. The van der Waals surface area contributed by atoms with Crippen LogP contribution in [0, 0.1) is 13.8 Å². The van der Waals surface area contributed by atoms with Gasteiger partial charge in [-0.3, -0.25) is 0 Å². The Kier molecular flexibility index (Phi) is 5.01. The lowest BCUT2D eigenvalue weighted by Crippen LogP contribution is -2.41. The van der Waals surface area contributed by atoms with Gasteiger partial charge in [-0.25, -0.2) is 18.4 Å². The Morgan fingerprint density at radius 2 is 2.08 bits per heavy atom. The van der Waals surface area contributed by atoms with Crippen molar-refractivity contribution in [3.05, 3.63) is 41.3 Å². The van der Waals surface area contributed by atoms with E-state index >= 15 is 0 Å². The third-order valence-corrected chi connectivity index (χ3v) is 5.44. The van der Waals surface area contributed by atoms with Gasteiger partial charge in [0.2, 0.25) is 10.0 Å². The molecule has 0 aliphatic carbocycles. The van der Waals surface area contributed by atoms with Gasteiger partial charge in [-0.05, 0) is 50.8 Å². The number of aromatic nitrogens is 1. The van der Waals surface area contributed by atoms with Gasteiger partial charge in [0.15, 0.2) is 0 Å². The molecule has 0 unspecified atom stereocenters. The third kappa shape index (κ3) is 3.88. The van der Waals surface area contributed by atoms with Gasteiger partial charge in [-0.1, -0.05) is 11.2 Å². The Morgan fingerprint density at radius 1 is 1.31 bits per heavy atom. The molecule has 2 amide bonds. The van der Waals surface area contributed by atoms with Gasteiger partial charge in [0, 0.05) is 18.3 Å². The van der Waals surface area contributed by atoms with Crippen molar-refractivity contribution in [2.24, 2.45) is 5.14 Å². The topological polar surface area (TPSA) is 119 Å². The van der Waals surface area contributed by atoms with E-state index in [0.29, 0.717) is 18.0 Å². The molecule has 1 aromatic heterocycles. The van der Waals surface area contributed by atoms with Crippen LogP contribution in [0.15, 0.2) is 33.7 Å². The minimum Gasteiger partial charge on any atom is -0.361 e. The molecule has 0 bridgehead atoms. The molecule has 1 atom stereocenters. The van der Waals surface area contributed by atoms with Gasteiger partial charge in [0.25, 0.3) is 0 Å². The van der Waals surface area contributed by atoms with Crippen LogP contribution in [0.3, 0.4) is 0 Å². The second-order valence-corrected chi connectivity index (χ2v) is 8.08. The molecule has 8 nitrogen and oxygen atoms in total. The molecule has 0 radical (unpaired) electrons. The second kappa shape index (κ2) is 7.08. The summed E-state index contributed by atoms with van der Waals surface area (Å²) in [6, 6.07) is 5.78. The first-order valence-corrected chi connectivity index (χ1v) is 9.94. The van der Waals surface area contributed by atoms with Crippen molar-refractivity contribution in [3.63, 3.8) is 0 Å². The number of hydrogen-bond acceptors (Lipinski definition) is 5. The standard InChI is InChI=1S/C17H22N4O4S/c1-11-6-7-13(26(18,23)24)10-14(11)19-17(22)21-8-4-3-5-16(21)15-9-12(2)25-20-15/h6-7,9-10,16H,3-5,8H2,1-2H3,(H,19,22)(H2,18,23,24)/t16-/m1/s1. The van der Waals surface area contributed by atoms with Crippen molar-refractivity contribution in [2.75, 3.05) is 11.9 Å². The summed E-state index contributed by atoms with van der Waals surface area (Å²) in [5, 5.41) is 12.0. The molecule has 2 aromatic rings. The summed E-state index contributed by atoms with van der Waals surface area (Å²) in [4.78, 5) is 14.5. The maximum atomic E-state index is 12.8. The number of nitrogens with zero attached hydrogens (tertiary/aromatic N) is 2. The number of carbonyl (C=O) groups excluding carboxylic acids is 1. The van der Waals surface area contributed by atoms with E-state index in [4.69, 9.17) is 9.66 Å². The molecule has 1 saturated heterocycles. The number of anilines is 1. The number of aryl methyl sites for hydroxylation is 2. The molecule has 1 fully saturated rings. The Bertz CT molecular complexity index is 923. The van der Waals surface area contributed by atoms with E-state index in [9.17, 15) is 13.2 Å². The van der Waals surface area contributed by atoms with Crippen molar-refractivity contribution in [1.82, 2.24) is 10.1 Å². The highest BCUT2D eigenvalue weighted by Gasteiger charge is 2.30. The number of amides is 2. The summed E-state index contributed by atoms with van der Waals surface area (Å²) >= 11 is 0. The largest absolute Gasteiger partial charge is 0.361 e. The van der Waals surface area contributed by atoms with E-state index in [1.54, 1.807) is 17.9 Å². The quantitative estimate of drug-likeness (QED) is 0.851. The molecule has 9 heteroatoms. The molecular formula is C17H22N4O4S. The number of urea groups is 1. The fourth-order valence-electron chi connectivity index (χ4n) is 3.12. The molecule has 0 saturated carbocycles. The zero-order chi connectivity index (χ0) is 18.9. The average molecular weight is 378 g/mol. The van der Waals surface area contributed by atoms with E-state index in [1.807, 2.05) is 13.0 Å². The maximum absolute atomic E-state index is 12.8. The Labute approximate surface area is 152 Å². The van der Waals surface area contributed by atoms with Crippen LogP contribution in [0.5, 0.6) is 0 Å². The zero-order valence-electron chi connectivity index (χ0n) is 14.7. The van der Waals surface area contributed by atoms with Gasteiger partial charge in [0.1, 0.15) is 11.5 Å². The van der Waals surface area contributed by atoms with Gasteiger partial charge in [-0.15, -0.1) is 0 Å². The molecular weight excluding hydrogens is 356 g/mol. The SMILES string of the molecule is Cc1cc([C@H]2CCCCN2C(=O)Nc2cc(S(N)(=O)=O)ccc2C)no1. The van der Waals surface area contributed by atoms with Crippen molar-refractivity contribution < 1.29 is 17.7 Å². The zero-order valence-corrected chi connectivity index (χ0v) is 15.5. The maximum Gasteiger partial charge on any atom is 0.322 e. The van der Waals surface area contributed by atoms with Crippen LogP contribution < -0.4 is 10.5 Å². The monoisotopic (exact) mass is 378 g/mol. The number of rotatable bonds is 3. The van der Waals surface area contributed by atoms with Crippen molar-refractivity contribution in [3.8, 4) is 0 Å². The first-order chi connectivity index (χ1) is 12.3. The van der Waals surface area contributed by atoms with E-state index in [-0.39, 0.29) is 17.0 Å². The van der Waals surface area contributed by atoms with E-state index < -0.39 is 10.0 Å². The molecule has 1 aliphatic rings. The van der Waals surface area contributed by atoms with Crippen LogP contribution in [-0.2, 0) is 10.0 Å². The van der Waals surface area contributed by atoms with Crippen LogP contribution >= 0.6 is 0 Å². The first-order valence-electron chi connectivity index (χ1n) is 8.40.